The average molecular weight is 492 g/mol. The third-order valence-electron chi connectivity index (χ3n) is 3.70. The Hall–Kier alpha value is -2.10. The van der Waals surface area contributed by atoms with Gasteiger partial charge in [0.1, 0.15) is 4.90 Å². The molecule has 1 amide bonds. The van der Waals surface area contributed by atoms with Crippen LogP contribution in [0.2, 0.25) is 15.1 Å². The summed E-state index contributed by atoms with van der Waals surface area (Å²) in [5.41, 5.74) is 0.622. The number of sulfonamides is 1. The van der Waals surface area contributed by atoms with E-state index in [0.29, 0.717) is 15.6 Å². The lowest BCUT2D eigenvalue weighted by Gasteiger charge is -2.14. The van der Waals surface area contributed by atoms with E-state index < -0.39 is 28.5 Å². The largest absolute Gasteiger partial charge is 0.452 e. The molecule has 30 heavy (non-hydrogen) atoms. The minimum Gasteiger partial charge on any atom is -0.452 e. The van der Waals surface area contributed by atoms with Crippen molar-refractivity contribution in [3.8, 4) is 0 Å². The van der Waals surface area contributed by atoms with Crippen LogP contribution in [-0.4, -0.2) is 45.3 Å². The maximum Gasteiger partial charge on any atom is 0.331 e. The van der Waals surface area contributed by atoms with E-state index in [4.69, 9.17) is 39.5 Å². The number of esters is 1. The van der Waals surface area contributed by atoms with Crippen LogP contribution >= 0.6 is 34.8 Å². The molecule has 0 unspecified atom stereocenters. The smallest absolute Gasteiger partial charge is 0.331 e. The first-order valence-corrected chi connectivity index (χ1v) is 10.9. The number of halogens is 3. The second-order valence-electron chi connectivity index (χ2n) is 6.06. The first kappa shape index (κ1) is 24.2. The predicted octanol–water partition coefficient (Wildman–Crippen LogP) is 4.09. The summed E-state index contributed by atoms with van der Waals surface area (Å²) in [7, 11) is -1.08. The Bertz CT molecular complexity index is 1080. The van der Waals surface area contributed by atoms with E-state index in [1.54, 1.807) is 18.2 Å². The molecule has 0 fully saturated rings. The summed E-state index contributed by atoms with van der Waals surface area (Å²) in [6.07, 6.45) is 2.47. The van der Waals surface area contributed by atoms with Crippen LogP contribution in [0.4, 0.5) is 5.69 Å². The molecule has 0 aliphatic heterocycles. The monoisotopic (exact) mass is 490 g/mol. The van der Waals surface area contributed by atoms with E-state index in [2.05, 4.69) is 5.32 Å². The van der Waals surface area contributed by atoms with Crippen LogP contribution < -0.4 is 5.32 Å². The number of benzene rings is 2. The van der Waals surface area contributed by atoms with Gasteiger partial charge in [-0.1, -0.05) is 40.9 Å². The van der Waals surface area contributed by atoms with Gasteiger partial charge in [-0.25, -0.2) is 17.5 Å². The topological polar surface area (TPSA) is 92.8 Å². The van der Waals surface area contributed by atoms with E-state index in [9.17, 15) is 18.0 Å². The second-order valence-corrected chi connectivity index (χ2v) is 9.40. The zero-order chi connectivity index (χ0) is 22.5. The lowest BCUT2D eigenvalue weighted by Crippen LogP contribution is -2.23. The van der Waals surface area contributed by atoms with Gasteiger partial charge < -0.3 is 10.1 Å². The maximum absolute atomic E-state index is 12.3. The Kier molecular flexibility index (Phi) is 8.28. The van der Waals surface area contributed by atoms with Gasteiger partial charge >= 0.3 is 5.97 Å². The second kappa shape index (κ2) is 10.3. The number of nitrogens with one attached hydrogen (secondary N) is 1. The summed E-state index contributed by atoms with van der Waals surface area (Å²) < 4.78 is 30.4. The SMILES string of the molecule is CN(C)S(=O)(=O)c1cc(NC(=O)COC(=O)/C=C/c2c(Cl)cccc2Cl)ccc1Cl. The van der Waals surface area contributed by atoms with Gasteiger partial charge in [0.2, 0.25) is 10.0 Å². The molecule has 160 valence electrons. The molecule has 0 saturated carbocycles. The highest BCUT2D eigenvalue weighted by Crippen LogP contribution is 2.27. The van der Waals surface area contributed by atoms with E-state index >= 15 is 0 Å². The fraction of sp³-hybridized carbons (Fsp3) is 0.158. The number of carbonyl (C=O) groups is 2. The van der Waals surface area contributed by atoms with Gasteiger partial charge in [-0.05, 0) is 36.4 Å². The molecule has 7 nitrogen and oxygen atoms in total. The molecule has 0 saturated heterocycles. The molecule has 2 rings (SSSR count). The Morgan fingerprint density at radius 3 is 2.30 bits per heavy atom. The molecular weight excluding hydrogens is 475 g/mol. The molecule has 1 N–H and O–H groups in total. The van der Waals surface area contributed by atoms with Crippen LogP contribution in [0, 0.1) is 0 Å². The zero-order valence-corrected chi connectivity index (χ0v) is 18.9. The molecule has 0 spiro atoms. The molecule has 0 radical (unpaired) electrons. The molecule has 2 aromatic rings. The summed E-state index contributed by atoms with van der Waals surface area (Å²) in [4.78, 5) is 23.7. The van der Waals surface area contributed by atoms with Crippen molar-refractivity contribution in [2.75, 3.05) is 26.0 Å². The van der Waals surface area contributed by atoms with E-state index in [-0.39, 0.29) is 15.6 Å². The molecule has 0 aliphatic rings. The van der Waals surface area contributed by atoms with Crippen LogP contribution in [0.5, 0.6) is 0 Å². The molecule has 0 aliphatic carbocycles. The van der Waals surface area contributed by atoms with Crippen LogP contribution in [0.1, 0.15) is 5.56 Å². The van der Waals surface area contributed by atoms with Crippen LogP contribution in [0.25, 0.3) is 6.08 Å². The summed E-state index contributed by atoms with van der Waals surface area (Å²) in [6.45, 7) is -0.585. The van der Waals surface area contributed by atoms with Crippen molar-refractivity contribution in [3.63, 3.8) is 0 Å². The van der Waals surface area contributed by atoms with Crippen molar-refractivity contribution in [2.45, 2.75) is 4.90 Å². The molecule has 0 bridgehead atoms. The van der Waals surface area contributed by atoms with Crippen LogP contribution in [-0.2, 0) is 24.3 Å². The summed E-state index contributed by atoms with van der Waals surface area (Å²) >= 11 is 18.0. The molecule has 0 aromatic heterocycles. The summed E-state index contributed by atoms with van der Waals surface area (Å²) in [6, 6.07) is 8.88. The molecular formula is C19H17Cl3N2O5S. The van der Waals surface area contributed by atoms with Crippen molar-refractivity contribution in [1.82, 2.24) is 4.31 Å². The van der Waals surface area contributed by atoms with Gasteiger partial charge in [0, 0.05) is 41.5 Å². The fourth-order valence-electron chi connectivity index (χ4n) is 2.18. The molecule has 0 heterocycles. The molecule has 0 atom stereocenters. The highest BCUT2D eigenvalue weighted by molar-refractivity contribution is 7.89. The Labute approximate surface area is 189 Å². The van der Waals surface area contributed by atoms with Gasteiger partial charge in [-0.2, -0.15) is 0 Å². The van der Waals surface area contributed by atoms with Gasteiger partial charge in [0.25, 0.3) is 5.91 Å². The van der Waals surface area contributed by atoms with Crippen molar-refractivity contribution < 1.29 is 22.7 Å². The number of rotatable bonds is 7. The first-order valence-electron chi connectivity index (χ1n) is 8.33. The third-order valence-corrected chi connectivity index (χ3v) is 6.66. The van der Waals surface area contributed by atoms with Crippen LogP contribution in [0.15, 0.2) is 47.4 Å². The van der Waals surface area contributed by atoms with Crippen molar-refractivity contribution >= 4 is 68.5 Å². The Morgan fingerprint density at radius 1 is 1.07 bits per heavy atom. The number of nitrogens with zero attached hydrogens (tertiary/aromatic N) is 1. The maximum atomic E-state index is 12.3. The lowest BCUT2D eigenvalue weighted by atomic mass is 10.2. The van der Waals surface area contributed by atoms with Gasteiger partial charge in [0.15, 0.2) is 6.61 Å². The number of hydrogen-bond donors (Lipinski definition) is 1. The molecule has 2 aromatic carbocycles. The van der Waals surface area contributed by atoms with Gasteiger partial charge in [-0.3, -0.25) is 4.79 Å². The highest BCUT2D eigenvalue weighted by Gasteiger charge is 2.21. The minimum atomic E-state index is -3.80. The Balaban J connectivity index is 2.00. The van der Waals surface area contributed by atoms with Crippen molar-refractivity contribution in [1.29, 1.82) is 0 Å². The minimum absolute atomic E-state index is 0.0106. The summed E-state index contributed by atoms with van der Waals surface area (Å²) in [5.74, 6) is -1.45. The van der Waals surface area contributed by atoms with Gasteiger partial charge in [0.05, 0.1) is 5.02 Å². The van der Waals surface area contributed by atoms with Crippen LogP contribution in [0.3, 0.4) is 0 Å². The predicted molar refractivity (Wildman–Crippen MR) is 117 cm³/mol. The zero-order valence-electron chi connectivity index (χ0n) is 15.9. The molecule has 11 heteroatoms. The first-order chi connectivity index (χ1) is 14.0. The van der Waals surface area contributed by atoms with E-state index in [1.165, 1.54) is 38.4 Å². The average Bonchev–Trinajstić information content (AvgIpc) is 2.67. The number of ether oxygens (including phenoxy) is 1. The Morgan fingerprint density at radius 2 is 1.70 bits per heavy atom. The number of anilines is 1. The highest BCUT2D eigenvalue weighted by atomic mass is 35.5. The normalized spacial score (nSPS) is 11.7. The fourth-order valence-corrected chi connectivity index (χ4v) is 4.10. The lowest BCUT2D eigenvalue weighted by molar-refractivity contribution is -0.142. The number of hydrogen-bond acceptors (Lipinski definition) is 5. The van der Waals surface area contributed by atoms with Crippen molar-refractivity contribution in [2.24, 2.45) is 0 Å². The van der Waals surface area contributed by atoms with Crippen molar-refractivity contribution in [3.05, 3.63) is 63.1 Å². The number of amides is 1. The van der Waals surface area contributed by atoms with E-state index in [1.807, 2.05) is 0 Å². The number of carbonyl (C=O) groups excluding carboxylic acids is 2. The van der Waals surface area contributed by atoms with Gasteiger partial charge in [-0.15, -0.1) is 0 Å². The third kappa shape index (κ3) is 6.20. The summed E-state index contributed by atoms with van der Waals surface area (Å²) in [5, 5.41) is 3.17. The quantitative estimate of drug-likeness (QED) is 0.465. The van der Waals surface area contributed by atoms with E-state index in [0.717, 1.165) is 10.4 Å². The standard InChI is InChI=1S/C19H17Cl3N2O5S/c1-24(2)30(27,28)17-10-12(6-8-16(17)22)23-18(25)11-29-19(26)9-7-13-14(20)4-3-5-15(13)21/h3-10H,11H2,1-2H3,(H,23,25)/b9-7+.